The minimum Gasteiger partial charge on any atom is -0.0683 e. The maximum atomic E-state index is 2.39. The largest absolute Gasteiger partial charge is 0.0683 e. The SMILES string of the molecule is CC.CC1CC2CCC12. The van der Waals surface area contributed by atoms with Gasteiger partial charge in [0.1, 0.15) is 0 Å². The molecule has 2 aliphatic rings. The van der Waals surface area contributed by atoms with Gasteiger partial charge in [-0.25, -0.2) is 0 Å². The Morgan fingerprint density at radius 3 is 1.78 bits per heavy atom. The van der Waals surface area contributed by atoms with E-state index in [-0.39, 0.29) is 0 Å². The summed E-state index contributed by atoms with van der Waals surface area (Å²) in [4.78, 5) is 0. The lowest BCUT2D eigenvalue weighted by atomic mass is 9.54. The van der Waals surface area contributed by atoms with E-state index in [1.54, 1.807) is 19.3 Å². The molecule has 0 heterocycles. The molecule has 0 N–H and O–H groups in total. The van der Waals surface area contributed by atoms with E-state index in [4.69, 9.17) is 0 Å². The predicted molar refractivity (Wildman–Crippen MR) is 41.3 cm³/mol. The second kappa shape index (κ2) is 2.72. The van der Waals surface area contributed by atoms with Crippen LogP contribution in [0.1, 0.15) is 40.0 Å². The van der Waals surface area contributed by atoms with Gasteiger partial charge in [-0.3, -0.25) is 0 Å². The smallest absolute Gasteiger partial charge is 0.0360 e. The van der Waals surface area contributed by atoms with Gasteiger partial charge in [-0.05, 0) is 37.0 Å². The zero-order valence-corrected chi connectivity index (χ0v) is 6.85. The summed E-state index contributed by atoms with van der Waals surface area (Å²) in [5.74, 6) is 3.47. The summed E-state index contributed by atoms with van der Waals surface area (Å²) in [6.07, 6.45) is 4.64. The highest BCUT2D eigenvalue weighted by molar-refractivity contribution is 4.94. The summed E-state index contributed by atoms with van der Waals surface area (Å²) in [5.41, 5.74) is 0. The molecule has 0 bridgehead atoms. The van der Waals surface area contributed by atoms with Crippen LogP contribution in [-0.2, 0) is 0 Å². The van der Waals surface area contributed by atoms with E-state index in [1.165, 1.54) is 11.8 Å². The maximum Gasteiger partial charge on any atom is -0.0360 e. The Kier molecular flexibility index (Phi) is 2.15. The monoisotopic (exact) mass is 126 g/mol. The third-order valence-corrected chi connectivity index (χ3v) is 2.88. The van der Waals surface area contributed by atoms with Crippen LogP contribution in [0, 0.1) is 17.8 Å². The topological polar surface area (TPSA) is 0 Å². The number of hydrogen-bond acceptors (Lipinski definition) is 0. The standard InChI is InChI=1S/C7H12.C2H6/c1-5-4-6-2-3-7(5)6;1-2/h5-7H,2-4H2,1H3;1-2H3. The maximum absolute atomic E-state index is 2.39. The number of hydrogen-bond donors (Lipinski definition) is 0. The van der Waals surface area contributed by atoms with Gasteiger partial charge in [0.05, 0.1) is 0 Å². The molecular weight excluding hydrogens is 108 g/mol. The first-order valence-corrected chi connectivity index (χ1v) is 4.38. The van der Waals surface area contributed by atoms with Crippen LogP contribution in [0.25, 0.3) is 0 Å². The molecule has 3 atom stereocenters. The van der Waals surface area contributed by atoms with Crippen molar-refractivity contribution in [2.45, 2.75) is 40.0 Å². The molecule has 3 unspecified atom stereocenters. The average molecular weight is 126 g/mol. The minimum atomic E-state index is 1.10. The van der Waals surface area contributed by atoms with Crippen LogP contribution in [0.5, 0.6) is 0 Å². The van der Waals surface area contributed by atoms with Gasteiger partial charge < -0.3 is 0 Å². The van der Waals surface area contributed by atoms with Gasteiger partial charge in [0.2, 0.25) is 0 Å². The number of fused-ring (bicyclic) bond motifs is 1. The van der Waals surface area contributed by atoms with Crippen molar-refractivity contribution in [1.82, 2.24) is 0 Å². The van der Waals surface area contributed by atoms with Crippen LogP contribution in [0.2, 0.25) is 0 Å². The zero-order chi connectivity index (χ0) is 6.85. The molecule has 0 spiro atoms. The van der Waals surface area contributed by atoms with Crippen molar-refractivity contribution in [3.05, 3.63) is 0 Å². The van der Waals surface area contributed by atoms with Gasteiger partial charge in [-0.1, -0.05) is 20.8 Å². The highest BCUT2D eigenvalue weighted by atomic mass is 14.5. The quantitative estimate of drug-likeness (QED) is 0.468. The molecule has 0 radical (unpaired) electrons. The van der Waals surface area contributed by atoms with Crippen LogP contribution in [0.3, 0.4) is 0 Å². The Hall–Kier alpha value is 0. The molecule has 9 heavy (non-hydrogen) atoms. The Morgan fingerprint density at radius 1 is 1.11 bits per heavy atom. The van der Waals surface area contributed by atoms with E-state index < -0.39 is 0 Å². The first-order chi connectivity index (χ1) is 4.38. The van der Waals surface area contributed by atoms with Crippen molar-refractivity contribution >= 4 is 0 Å². The highest BCUT2D eigenvalue weighted by Crippen LogP contribution is 2.53. The number of rotatable bonds is 0. The van der Waals surface area contributed by atoms with Crippen LogP contribution in [0.15, 0.2) is 0 Å². The van der Waals surface area contributed by atoms with Gasteiger partial charge >= 0.3 is 0 Å². The molecule has 0 aromatic heterocycles. The molecule has 2 aliphatic carbocycles. The first-order valence-electron chi connectivity index (χ1n) is 4.38. The van der Waals surface area contributed by atoms with Crippen LogP contribution < -0.4 is 0 Å². The molecule has 0 aliphatic heterocycles. The molecule has 2 fully saturated rings. The van der Waals surface area contributed by atoms with E-state index in [1.807, 2.05) is 13.8 Å². The summed E-state index contributed by atoms with van der Waals surface area (Å²) >= 11 is 0. The molecule has 2 rings (SSSR count). The van der Waals surface area contributed by atoms with E-state index in [2.05, 4.69) is 6.92 Å². The Bertz CT molecular complexity index is 82.0. The molecule has 2 saturated carbocycles. The second-order valence-corrected chi connectivity index (χ2v) is 3.21. The van der Waals surface area contributed by atoms with Crippen LogP contribution >= 0.6 is 0 Å². The fourth-order valence-electron chi connectivity index (χ4n) is 2.09. The minimum absolute atomic E-state index is 1.10. The predicted octanol–water partition coefficient (Wildman–Crippen LogP) is 3.08. The zero-order valence-electron chi connectivity index (χ0n) is 6.85. The van der Waals surface area contributed by atoms with Crippen molar-refractivity contribution in [3.8, 4) is 0 Å². The van der Waals surface area contributed by atoms with E-state index in [0.29, 0.717) is 0 Å². The fraction of sp³-hybridized carbons (Fsp3) is 1.00. The molecule has 0 heteroatoms. The lowest BCUT2D eigenvalue weighted by Gasteiger charge is -2.51. The molecule has 0 saturated heterocycles. The molecule has 0 amide bonds. The molecule has 0 aromatic rings. The van der Waals surface area contributed by atoms with Gasteiger partial charge in [0, 0.05) is 0 Å². The van der Waals surface area contributed by atoms with Crippen LogP contribution in [-0.4, -0.2) is 0 Å². The highest BCUT2D eigenvalue weighted by Gasteiger charge is 2.43. The van der Waals surface area contributed by atoms with Crippen LogP contribution in [0.4, 0.5) is 0 Å². The van der Waals surface area contributed by atoms with E-state index in [0.717, 1.165) is 5.92 Å². The Morgan fingerprint density at radius 2 is 1.78 bits per heavy atom. The van der Waals surface area contributed by atoms with Crippen molar-refractivity contribution in [2.75, 3.05) is 0 Å². The summed E-state index contributed by atoms with van der Waals surface area (Å²) in [6, 6.07) is 0. The third-order valence-electron chi connectivity index (χ3n) is 2.88. The molecular formula is C9H18. The summed E-state index contributed by atoms with van der Waals surface area (Å²) in [5, 5.41) is 0. The first kappa shape index (κ1) is 7.11. The fourth-order valence-corrected chi connectivity index (χ4v) is 2.09. The molecule has 0 nitrogen and oxygen atoms in total. The van der Waals surface area contributed by atoms with Gasteiger partial charge in [0.15, 0.2) is 0 Å². The van der Waals surface area contributed by atoms with Crippen molar-refractivity contribution < 1.29 is 0 Å². The van der Waals surface area contributed by atoms with Crippen molar-refractivity contribution in [2.24, 2.45) is 17.8 Å². The van der Waals surface area contributed by atoms with Gasteiger partial charge in [-0.15, -0.1) is 0 Å². The molecule has 54 valence electrons. The van der Waals surface area contributed by atoms with Gasteiger partial charge in [0.25, 0.3) is 0 Å². The van der Waals surface area contributed by atoms with Crippen molar-refractivity contribution in [1.29, 1.82) is 0 Å². The lowest BCUT2D eigenvalue weighted by Crippen LogP contribution is -2.42. The van der Waals surface area contributed by atoms with Crippen molar-refractivity contribution in [3.63, 3.8) is 0 Å². The summed E-state index contributed by atoms with van der Waals surface area (Å²) in [6.45, 7) is 6.39. The summed E-state index contributed by atoms with van der Waals surface area (Å²) < 4.78 is 0. The second-order valence-electron chi connectivity index (χ2n) is 3.21. The Labute approximate surface area is 58.7 Å². The van der Waals surface area contributed by atoms with E-state index >= 15 is 0 Å². The lowest BCUT2D eigenvalue weighted by molar-refractivity contribution is -0.0138. The Balaban J connectivity index is 0.000000186. The average Bonchev–Trinajstić information content (AvgIpc) is 1.87. The van der Waals surface area contributed by atoms with Gasteiger partial charge in [-0.2, -0.15) is 0 Å². The third kappa shape index (κ3) is 0.997. The molecule has 0 aromatic carbocycles. The normalized spacial score (nSPS) is 45.0. The van der Waals surface area contributed by atoms with E-state index in [9.17, 15) is 0 Å². The summed E-state index contributed by atoms with van der Waals surface area (Å²) in [7, 11) is 0.